The minimum absolute atomic E-state index is 0.142. The number of piperidine rings is 1. The Kier molecular flexibility index (Phi) is 4.80. The zero-order valence-corrected chi connectivity index (χ0v) is 11.8. The molecule has 4 nitrogen and oxygen atoms in total. The van der Waals surface area contributed by atoms with Crippen LogP contribution in [0.3, 0.4) is 0 Å². The lowest BCUT2D eigenvalue weighted by molar-refractivity contribution is -0.0738. The van der Waals surface area contributed by atoms with Gasteiger partial charge in [-0.3, -0.25) is 0 Å². The highest BCUT2D eigenvalue weighted by Crippen LogP contribution is 2.18. The number of hydrogen-bond acceptors (Lipinski definition) is 3. The number of amides is 1. The van der Waals surface area contributed by atoms with E-state index in [4.69, 9.17) is 4.74 Å². The van der Waals surface area contributed by atoms with E-state index in [-0.39, 0.29) is 12.1 Å². The van der Waals surface area contributed by atoms with E-state index in [0.29, 0.717) is 0 Å². The first-order valence-electron chi connectivity index (χ1n) is 6.58. The van der Waals surface area contributed by atoms with Crippen LogP contribution in [0.5, 0.6) is 0 Å². The summed E-state index contributed by atoms with van der Waals surface area (Å²) in [6.45, 7) is 11.7. The molecule has 17 heavy (non-hydrogen) atoms. The molecule has 0 radical (unpaired) electrons. The largest absolute Gasteiger partial charge is 0.443 e. The van der Waals surface area contributed by atoms with Crippen molar-refractivity contribution < 1.29 is 9.53 Å². The van der Waals surface area contributed by atoms with Crippen LogP contribution < -0.4 is 0 Å². The van der Waals surface area contributed by atoms with Crippen molar-refractivity contribution in [2.24, 2.45) is 0 Å². The molecule has 4 heteroatoms. The fourth-order valence-corrected chi connectivity index (χ4v) is 2.05. The summed E-state index contributed by atoms with van der Waals surface area (Å²) < 4.78 is 5.46. The fourth-order valence-electron chi connectivity index (χ4n) is 2.05. The monoisotopic (exact) mass is 242 g/mol. The number of nitrogens with zero attached hydrogens (tertiary/aromatic N) is 2. The number of rotatable bonds is 2. The number of hydrogen-bond donors (Lipinski definition) is 0. The third kappa shape index (κ3) is 4.54. The summed E-state index contributed by atoms with van der Waals surface area (Å²) in [6, 6.07) is 0.142. The second kappa shape index (κ2) is 5.71. The van der Waals surface area contributed by atoms with Gasteiger partial charge < -0.3 is 4.74 Å². The van der Waals surface area contributed by atoms with E-state index >= 15 is 0 Å². The zero-order chi connectivity index (χ0) is 13.1. The molecule has 0 atom stereocenters. The van der Waals surface area contributed by atoms with E-state index in [1.165, 1.54) is 6.42 Å². The van der Waals surface area contributed by atoms with Gasteiger partial charge in [0, 0.05) is 19.1 Å². The number of carbonyl (C=O) groups excluding carboxylic acids is 1. The molecule has 0 aromatic rings. The first kappa shape index (κ1) is 14.3. The zero-order valence-electron chi connectivity index (χ0n) is 11.8. The van der Waals surface area contributed by atoms with Gasteiger partial charge in [-0.25, -0.2) is 14.8 Å². The van der Waals surface area contributed by atoms with Gasteiger partial charge in [0.1, 0.15) is 5.60 Å². The van der Waals surface area contributed by atoms with Crippen LogP contribution in [0, 0.1) is 0 Å². The van der Waals surface area contributed by atoms with Crippen LogP contribution in [0.4, 0.5) is 4.79 Å². The molecule has 1 aliphatic heterocycles. The molecule has 0 unspecified atom stereocenters. The van der Waals surface area contributed by atoms with Crippen LogP contribution in [0.2, 0.25) is 0 Å². The standard InChI is InChI=1S/C13H26N2O2/c1-11(2)15(12(16)17-13(3,4)5)14-9-7-6-8-10-14/h11H,6-10H2,1-5H3. The van der Waals surface area contributed by atoms with E-state index in [1.54, 1.807) is 5.01 Å². The van der Waals surface area contributed by atoms with Crippen molar-refractivity contribution in [3.63, 3.8) is 0 Å². The molecule has 0 saturated carbocycles. The Hall–Kier alpha value is -0.770. The van der Waals surface area contributed by atoms with Crippen molar-refractivity contribution >= 4 is 6.09 Å². The van der Waals surface area contributed by atoms with Gasteiger partial charge in [0.2, 0.25) is 0 Å². The fraction of sp³-hybridized carbons (Fsp3) is 0.923. The van der Waals surface area contributed by atoms with Crippen LogP contribution in [0.15, 0.2) is 0 Å². The van der Waals surface area contributed by atoms with Gasteiger partial charge >= 0.3 is 6.09 Å². The second-order valence-electron chi connectivity index (χ2n) is 5.93. The summed E-state index contributed by atoms with van der Waals surface area (Å²) in [5.74, 6) is 0. The lowest BCUT2D eigenvalue weighted by Crippen LogP contribution is -2.53. The van der Waals surface area contributed by atoms with Gasteiger partial charge in [0.25, 0.3) is 0 Å². The van der Waals surface area contributed by atoms with Gasteiger partial charge in [-0.2, -0.15) is 0 Å². The summed E-state index contributed by atoms with van der Waals surface area (Å²) in [5, 5.41) is 3.90. The van der Waals surface area contributed by atoms with Gasteiger partial charge in [0.05, 0.1) is 0 Å². The molecule has 1 heterocycles. The summed E-state index contributed by atoms with van der Waals surface area (Å²) in [4.78, 5) is 12.2. The van der Waals surface area contributed by atoms with Gasteiger partial charge in [0.15, 0.2) is 0 Å². The molecule has 0 spiro atoms. The topological polar surface area (TPSA) is 32.8 Å². The Bertz CT molecular complexity index is 253. The van der Waals surface area contributed by atoms with Crippen molar-refractivity contribution in [1.29, 1.82) is 0 Å². The smallest absolute Gasteiger partial charge is 0.425 e. The summed E-state index contributed by atoms with van der Waals surface area (Å²) >= 11 is 0. The molecule has 100 valence electrons. The highest BCUT2D eigenvalue weighted by Gasteiger charge is 2.29. The van der Waals surface area contributed by atoms with Gasteiger partial charge in [-0.15, -0.1) is 0 Å². The van der Waals surface area contributed by atoms with Crippen molar-refractivity contribution in [3.05, 3.63) is 0 Å². The van der Waals surface area contributed by atoms with Crippen LogP contribution in [0.1, 0.15) is 53.9 Å². The van der Waals surface area contributed by atoms with E-state index in [0.717, 1.165) is 25.9 Å². The summed E-state index contributed by atoms with van der Waals surface area (Å²) in [7, 11) is 0. The summed E-state index contributed by atoms with van der Waals surface area (Å²) in [6.07, 6.45) is 3.35. The maximum Gasteiger partial charge on any atom is 0.425 e. The van der Waals surface area contributed by atoms with Gasteiger partial charge in [-0.1, -0.05) is 6.42 Å². The molecule has 0 aromatic heterocycles. The number of carbonyl (C=O) groups is 1. The molecule has 0 aliphatic carbocycles. The van der Waals surface area contributed by atoms with Crippen molar-refractivity contribution in [2.45, 2.75) is 65.5 Å². The normalized spacial score (nSPS) is 18.2. The summed E-state index contributed by atoms with van der Waals surface area (Å²) in [5.41, 5.74) is -0.431. The Morgan fingerprint density at radius 2 is 1.71 bits per heavy atom. The maximum atomic E-state index is 12.2. The Morgan fingerprint density at radius 1 is 1.18 bits per heavy atom. The quantitative estimate of drug-likeness (QED) is 0.746. The molecule has 0 aromatic carbocycles. The average Bonchev–Trinajstić information content (AvgIpc) is 2.15. The molecular weight excluding hydrogens is 216 g/mol. The second-order valence-corrected chi connectivity index (χ2v) is 5.93. The van der Waals surface area contributed by atoms with E-state index in [2.05, 4.69) is 5.01 Å². The molecule has 0 bridgehead atoms. The number of hydrazine groups is 1. The van der Waals surface area contributed by atoms with Crippen LogP contribution >= 0.6 is 0 Å². The van der Waals surface area contributed by atoms with Crippen LogP contribution in [-0.2, 0) is 4.74 Å². The Morgan fingerprint density at radius 3 is 2.12 bits per heavy atom. The highest BCUT2D eigenvalue weighted by molar-refractivity contribution is 5.67. The molecule has 1 aliphatic rings. The minimum Gasteiger partial charge on any atom is -0.443 e. The average molecular weight is 242 g/mol. The predicted octanol–water partition coefficient (Wildman–Crippen LogP) is 3.03. The van der Waals surface area contributed by atoms with Gasteiger partial charge in [-0.05, 0) is 47.5 Å². The predicted molar refractivity (Wildman–Crippen MR) is 68.6 cm³/mol. The van der Waals surface area contributed by atoms with Crippen LogP contribution in [0.25, 0.3) is 0 Å². The molecular formula is C13H26N2O2. The SMILES string of the molecule is CC(C)N(C(=O)OC(C)(C)C)N1CCCCC1. The number of ether oxygens (including phenoxy) is 1. The van der Waals surface area contributed by atoms with E-state index in [9.17, 15) is 4.79 Å². The molecule has 1 fully saturated rings. The first-order chi connectivity index (χ1) is 7.81. The third-order valence-electron chi connectivity index (χ3n) is 2.71. The lowest BCUT2D eigenvalue weighted by Gasteiger charge is -2.40. The molecule has 1 rings (SSSR count). The van der Waals surface area contributed by atoms with Crippen LogP contribution in [-0.4, -0.2) is 40.8 Å². The Balaban J connectivity index is 2.67. The molecule has 1 amide bonds. The minimum atomic E-state index is -0.431. The molecule has 1 saturated heterocycles. The Labute approximate surface area is 105 Å². The highest BCUT2D eigenvalue weighted by atomic mass is 16.6. The first-order valence-corrected chi connectivity index (χ1v) is 6.58. The lowest BCUT2D eigenvalue weighted by atomic mass is 10.1. The van der Waals surface area contributed by atoms with Crippen molar-refractivity contribution in [3.8, 4) is 0 Å². The van der Waals surface area contributed by atoms with Crippen molar-refractivity contribution in [1.82, 2.24) is 10.0 Å². The third-order valence-corrected chi connectivity index (χ3v) is 2.71. The maximum absolute atomic E-state index is 12.2. The van der Waals surface area contributed by atoms with E-state index < -0.39 is 5.60 Å². The van der Waals surface area contributed by atoms with Crippen molar-refractivity contribution in [2.75, 3.05) is 13.1 Å². The van der Waals surface area contributed by atoms with E-state index in [1.807, 2.05) is 34.6 Å². The molecule has 0 N–H and O–H groups in total.